The maximum absolute atomic E-state index is 12.5. The molecule has 3 rings (SSSR count). The monoisotopic (exact) mass is 367 g/mol. The van der Waals surface area contributed by atoms with Crippen LogP contribution < -0.4 is 10.2 Å². The van der Waals surface area contributed by atoms with Gasteiger partial charge in [0.1, 0.15) is 17.2 Å². The maximum Gasteiger partial charge on any atom is 0.414 e. The van der Waals surface area contributed by atoms with Crippen molar-refractivity contribution in [3.8, 4) is 6.07 Å². The van der Waals surface area contributed by atoms with E-state index in [1.165, 1.54) is 6.20 Å². The molecule has 1 aliphatic rings. The number of hydrogen-bond acceptors (Lipinski definition) is 7. The van der Waals surface area contributed by atoms with Crippen LogP contribution in [0, 0.1) is 11.3 Å². The molecule has 9 nitrogen and oxygen atoms in total. The number of benzene rings is 1. The van der Waals surface area contributed by atoms with Crippen LogP contribution in [0.15, 0.2) is 24.4 Å². The number of amides is 1. The van der Waals surface area contributed by atoms with E-state index < -0.39 is 5.60 Å². The number of hydrogen-bond donors (Lipinski definition) is 2. The van der Waals surface area contributed by atoms with Gasteiger partial charge in [-0.15, -0.1) is 10.2 Å². The fraction of sp³-hybridized carbons (Fsp3) is 0.389. The van der Waals surface area contributed by atoms with Crippen molar-refractivity contribution < 1.29 is 9.53 Å². The average molecular weight is 367 g/mol. The van der Waals surface area contributed by atoms with E-state index in [1.54, 1.807) is 4.90 Å². The van der Waals surface area contributed by atoms with Crippen LogP contribution in [-0.2, 0) is 11.2 Å². The highest BCUT2D eigenvalue weighted by Gasteiger charge is 2.27. The largest absolute Gasteiger partial charge is 0.443 e. The number of anilines is 2. The average Bonchev–Trinajstić information content (AvgIpc) is 3.14. The predicted molar refractivity (Wildman–Crippen MR) is 99.7 cm³/mol. The van der Waals surface area contributed by atoms with Crippen molar-refractivity contribution in [3.05, 3.63) is 35.8 Å². The first-order valence-electron chi connectivity index (χ1n) is 8.61. The number of nitrogens with one attached hydrogen (secondary N) is 2. The number of aryl methyl sites for hydroxylation is 1. The van der Waals surface area contributed by atoms with Crippen LogP contribution in [0.4, 0.5) is 16.2 Å². The maximum atomic E-state index is 12.5. The van der Waals surface area contributed by atoms with Gasteiger partial charge in [0.2, 0.25) is 5.82 Å². The van der Waals surface area contributed by atoms with Gasteiger partial charge in [-0.25, -0.2) is 4.79 Å². The molecule has 0 fully saturated rings. The first kappa shape index (κ1) is 18.4. The number of carbonyl (C=O) groups excluding carboxylic acids is 1. The number of allylic oxidation sites excluding steroid dienone is 1. The van der Waals surface area contributed by atoms with Crippen LogP contribution in [0.3, 0.4) is 0 Å². The predicted octanol–water partition coefficient (Wildman–Crippen LogP) is 2.86. The number of nitriles is 1. The lowest BCUT2D eigenvalue weighted by Crippen LogP contribution is -2.39. The van der Waals surface area contributed by atoms with Gasteiger partial charge in [0.05, 0.1) is 5.69 Å². The van der Waals surface area contributed by atoms with Crippen LogP contribution in [0.5, 0.6) is 0 Å². The van der Waals surface area contributed by atoms with E-state index in [-0.39, 0.29) is 17.5 Å². The number of aromatic nitrogens is 4. The van der Waals surface area contributed by atoms with Crippen LogP contribution in [0.1, 0.15) is 38.6 Å². The number of tetrazole rings is 1. The summed E-state index contributed by atoms with van der Waals surface area (Å²) in [4.78, 5) is 14.1. The molecule has 1 amide bonds. The van der Waals surface area contributed by atoms with Crippen molar-refractivity contribution in [3.63, 3.8) is 0 Å². The van der Waals surface area contributed by atoms with Crippen molar-refractivity contribution in [1.29, 1.82) is 5.26 Å². The Labute approximate surface area is 157 Å². The smallest absolute Gasteiger partial charge is 0.414 e. The Morgan fingerprint density at radius 3 is 2.93 bits per heavy atom. The van der Waals surface area contributed by atoms with Gasteiger partial charge < -0.3 is 10.1 Å². The molecule has 0 saturated carbocycles. The van der Waals surface area contributed by atoms with Gasteiger partial charge in [-0.3, -0.25) is 4.90 Å². The number of carbonyl (C=O) groups is 1. The van der Waals surface area contributed by atoms with Crippen molar-refractivity contribution in [2.75, 3.05) is 16.8 Å². The van der Waals surface area contributed by atoms with E-state index in [2.05, 4.69) is 25.9 Å². The van der Waals surface area contributed by atoms with Gasteiger partial charge in [0, 0.05) is 18.4 Å². The van der Waals surface area contributed by atoms with E-state index in [9.17, 15) is 10.1 Å². The lowest BCUT2D eigenvalue weighted by Gasteiger charge is -2.32. The molecule has 0 unspecified atom stereocenters. The van der Waals surface area contributed by atoms with Gasteiger partial charge in [-0.2, -0.15) is 10.5 Å². The summed E-state index contributed by atoms with van der Waals surface area (Å²) in [7, 11) is 0. The molecule has 1 aromatic carbocycles. The highest BCUT2D eigenvalue weighted by Crippen LogP contribution is 2.31. The van der Waals surface area contributed by atoms with Crippen molar-refractivity contribution in [2.24, 2.45) is 0 Å². The fourth-order valence-corrected chi connectivity index (χ4v) is 2.77. The van der Waals surface area contributed by atoms with Gasteiger partial charge in [-0.1, -0.05) is 0 Å². The molecule has 27 heavy (non-hydrogen) atoms. The minimum Gasteiger partial charge on any atom is -0.443 e. The second kappa shape index (κ2) is 7.45. The molecule has 0 radical (unpaired) electrons. The van der Waals surface area contributed by atoms with Crippen LogP contribution in [0.25, 0.3) is 5.57 Å². The zero-order chi connectivity index (χ0) is 19.4. The quantitative estimate of drug-likeness (QED) is 0.800. The SMILES string of the molecule is CC(C)(C)OC(=O)N1CCCc2cc(NC=C(C#N)c3nn[nH]n3)ccc21. The van der Waals surface area contributed by atoms with Gasteiger partial charge in [0.25, 0.3) is 0 Å². The number of fused-ring (bicyclic) bond motifs is 1. The zero-order valence-corrected chi connectivity index (χ0v) is 15.5. The Kier molecular flexibility index (Phi) is 5.07. The molecule has 2 heterocycles. The molecule has 1 aliphatic heterocycles. The Bertz CT molecular complexity index is 891. The minimum absolute atomic E-state index is 0.221. The lowest BCUT2D eigenvalue weighted by atomic mass is 10.0. The number of H-pyrrole nitrogens is 1. The molecule has 0 atom stereocenters. The number of rotatable bonds is 3. The molecular formula is C18H21N7O2. The first-order chi connectivity index (χ1) is 12.9. The Balaban J connectivity index is 1.79. The molecule has 0 aliphatic carbocycles. The summed E-state index contributed by atoms with van der Waals surface area (Å²) >= 11 is 0. The lowest BCUT2D eigenvalue weighted by molar-refractivity contribution is 0.0578. The molecule has 2 N–H and O–H groups in total. The van der Waals surface area contributed by atoms with Crippen LogP contribution in [0.2, 0.25) is 0 Å². The summed E-state index contributed by atoms with van der Waals surface area (Å²) in [6, 6.07) is 7.73. The summed E-state index contributed by atoms with van der Waals surface area (Å²) in [6.07, 6.45) is 2.91. The minimum atomic E-state index is -0.538. The number of nitrogens with zero attached hydrogens (tertiary/aromatic N) is 5. The first-order valence-corrected chi connectivity index (χ1v) is 8.61. The number of aromatic amines is 1. The Morgan fingerprint density at radius 1 is 1.44 bits per heavy atom. The van der Waals surface area contributed by atoms with Gasteiger partial charge in [0.15, 0.2) is 0 Å². The standard InChI is InChI=1S/C18H21N7O2/c1-18(2,3)27-17(26)25-8-4-5-12-9-14(6-7-15(12)25)20-11-13(10-19)16-21-23-24-22-16/h6-7,9,11,20H,4-5,8H2,1-3H3,(H,21,22,23,24). The van der Waals surface area contributed by atoms with E-state index in [0.29, 0.717) is 6.54 Å². The molecule has 140 valence electrons. The van der Waals surface area contributed by atoms with Crippen molar-refractivity contribution >= 4 is 23.0 Å². The number of ether oxygens (including phenoxy) is 1. The van der Waals surface area contributed by atoms with Crippen LogP contribution in [-0.4, -0.2) is 38.9 Å². The van der Waals surface area contributed by atoms with Gasteiger partial charge >= 0.3 is 6.09 Å². The molecule has 0 spiro atoms. The second-order valence-electron chi connectivity index (χ2n) is 7.13. The molecule has 0 bridgehead atoms. The summed E-state index contributed by atoms with van der Waals surface area (Å²) in [5, 5.41) is 25.6. The zero-order valence-electron chi connectivity index (χ0n) is 15.5. The van der Waals surface area contributed by atoms with Gasteiger partial charge in [-0.05, 0) is 62.6 Å². The van der Waals surface area contributed by atoms with E-state index in [1.807, 2.05) is 45.0 Å². The third-order valence-electron chi connectivity index (χ3n) is 3.90. The summed E-state index contributed by atoms with van der Waals surface area (Å²) < 4.78 is 5.50. The second-order valence-corrected chi connectivity index (χ2v) is 7.13. The van der Waals surface area contributed by atoms with E-state index in [0.717, 1.165) is 29.8 Å². The highest BCUT2D eigenvalue weighted by atomic mass is 16.6. The molecule has 2 aromatic rings. The molecule has 1 aromatic heterocycles. The third kappa shape index (κ3) is 4.41. The fourth-order valence-electron chi connectivity index (χ4n) is 2.77. The summed E-state index contributed by atoms with van der Waals surface area (Å²) in [5.41, 5.74) is 2.42. The van der Waals surface area contributed by atoms with Crippen molar-refractivity contribution in [2.45, 2.75) is 39.2 Å². The van der Waals surface area contributed by atoms with Crippen molar-refractivity contribution in [1.82, 2.24) is 20.6 Å². The normalized spacial score (nSPS) is 14.3. The van der Waals surface area contributed by atoms with E-state index >= 15 is 0 Å². The molecule has 0 saturated heterocycles. The Morgan fingerprint density at radius 2 is 2.26 bits per heavy atom. The summed E-state index contributed by atoms with van der Waals surface area (Å²) in [6.45, 7) is 6.19. The van der Waals surface area contributed by atoms with Crippen LogP contribution >= 0.6 is 0 Å². The summed E-state index contributed by atoms with van der Waals surface area (Å²) in [5.74, 6) is 0.221. The highest BCUT2D eigenvalue weighted by molar-refractivity contribution is 5.90. The topological polar surface area (TPSA) is 120 Å². The third-order valence-corrected chi connectivity index (χ3v) is 3.90. The molecular weight excluding hydrogens is 346 g/mol. The molecule has 9 heteroatoms. The van der Waals surface area contributed by atoms with E-state index in [4.69, 9.17) is 4.74 Å². The Hall–Kier alpha value is -3.41.